The van der Waals surface area contributed by atoms with E-state index in [0.29, 0.717) is 16.8 Å². The summed E-state index contributed by atoms with van der Waals surface area (Å²) in [6, 6.07) is 5.98. The lowest BCUT2D eigenvalue weighted by molar-refractivity contribution is 0.510. The maximum absolute atomic E-state index is 6.28. The van der Waals surface area contributed by atoms with Crippen LogP contribution in [0, 0.1) is 6.92 Å². The smallest absolute Gasteiger partial charge is 0.165 e. The Morgan fingerprint density at radius 2 is 2.00 bits per heavy atom. The molecule has 100 valence electrons. The molecule has 3 rings (SSSR count). The summed E-state index contributed by atoms with van der Waals surface area (Å²) in [5.41, 5.74) is 7.42. The van der Waals surface area contributed by atoms with Crippen LogP contribution in [0.15, 0.2) is 18.2 Å². The number of nitrogens with two attached hydrogens (primary N) is 1. The second kappa shape index (κ2) is 4.85. The zero-order valence-electron chi connectivity index (χ0n) is 10.9. The molecular formula is C14H17ClN4. The fourth-order valence-electron chi connectivity index (χ4n) is 2.87. The molecule has 4 nitrogen and oxygen atoms in total. The maximum Gasteiger partial charge on any atom is 0.165 e. The van der Waals surface area contributed by atoms with Crippen LogP contribution in [0.5, 0.6) is 0 Å². The average molecular weight is 277 g/mol. The molecule has 0 amide bonds. The molecule has 0 spiro atoms. The predicted molar refractivity (Wildman–Crippen MR) is 77.1 cm³/mol. The summed E-state index contributed by atoms with van der Waals surface area (Å²) in [4.78, 5) is 0. The van der Waals surface area contributed by atoms with Gasteiger partial charge in [0, 0.05) is 17.3 Å². The number of aryl methyl sites for hydroxylation is 1. The summed E-state index contributed by atoms with van der Waals surface area (Å²) in [6.07, 6.45) is 4.91. The highest BCUT2D eigenvalue weighted by Gasteiger charge is 2.23. The Bertz CT molecular complexity index is 599. The molecule has 19 heavy (non-hydrogen) atoms. The lowest BCUT2D eigenvalue weighted by atomic mass is 10.1. The summed E-state index contributed by atoms with van der Waals surface area (Å²) < 4.78 is 2.22. The Hall–Kier alpha value is -1.55. The average Bonchev–Trinajstić information content (AvgIpc) is 3.01. The number of hydrogen-bond donors (Lipinski definition) is 1. The van der Waals surface area contributed by atoms with E-state index in [9.17, 15) is 0 Å². The first-order chi connectivity index (χ1) is 9.16. The molecule has 1 aromatic heterocycles. The molecule has 1 heterocycles. The summed E-state index contributed by atoms with van der Waals surface area (Å²) in [7, 11) is 0. The van der Waals surface area contributed by atoms with Crippen LogP contribution in [-0.4, -0.2) is 14.8 Å². The lowest BCUT2D eigenvalue weighted by Crippen LogP contribution is -2.09. The number of aromatic nitrogens is 3. The number of halogens is 1. The fraction of sp³-hybridized carbons (Fsp3) is 0.429. The van der Waals surface area contributed by atoms with Gasteiger partial charge in [-0.25, -0.2) is 0 Å². The van der Waals surface area contributed by atoms with E-state index in [2.05, 4.69) is 14.8 Å². The summed E-state index contributed by atoms with van der Waals surface area (Å²) in [5, 5.41) is 9.19. The zero-order valence-corrected chi connectivity index (χ0v) is 11.7. The highest BCUT2D eigenvalue weighted by molar-refractivity contribution is 6.33. The van der Waals surface area contributed by atoms with Gasteiger partial charge >= 0.3 is 0 Å². The van der Waals surface area contributed by atoms with Gasteiger partial charge in [-0.2, -0.15) is 0 Å². The van der Waals surface area contributed by atoms with E-state index in [-0.39, 0.29) is 0 Å². The van der Waals surface area contributed by atoms with Crippen molar-refractivity contribution in [1.29, 1.82) is 0 Å². The Kier molecular flexibility index (Phi) is 3.19. The van der Waals surface area contributed by atoms with Crippen molar-refractivity contribution in [2.45, 2.75) is 38.6 Å². The minimum absolute atomic E-state index is 0.488. The summed E-state index contributed by atoms with van der Waals surface area (Å²) >= 11 is 6.28. The van der Waals surface area contributed by atoms with Crippen molar-refractivity contribution in [3.05, 3.63) is 29.0 Å². The molecule has 1 fully saturated rings. The molecule has 0 bridgehead atoms. The second-order valence-corrected chi connectivity index (χ2v) is 5.53. The van der Waals surface area contributed by atoms with E-state index in [1.54, 1.807) is 6.07 Å². The molecule has 0 radical (unpaired) electrons. The third-order valence-electron chi connectivity index (χ3n) is 3.79. The van der Waals surface area contributed by atoms with E-state index in [4.69, 9.17) is 17.3 Å². The van der Waals surface area contributed by atoms with Gasteiger partial charge in [-0.1, -0.05) is 24.4 Å². The van der Waals surface area contributed by atoms with Crippen LogP contribution in [0.4, 0.5) is 5.69 Å². The van der Waals surface area contributed by atoms with Crippen molar-refractivity contribution >= 4 is 17.3 Å². The molecule has 1 aliphatic rings. The van der Waals surface area contributed by atoms with Crippen LogP contribution in [0.2, 0.25) is 5.02 Å². The molecular weight excluding hydrogens is 260 g/mol. The highest BCUT2D eigenvalue weighted by atomic mass is 35.5. The minimum atomic E-state index is 0.488. The molecule has 5 heteroatoms. The molecule has 1 aliphatic carbocycles. The van der Waals surface area contributed by atoms with Gasteiger partial charge in [0.25, 0.3) is 0 Å². The van der Waals surface area contributed by atoms with E-state index < -0.39 is 0 Å². The largest absolute Gasteiger partial charge is 0.399 e. The third kappa shape index (κ3) is 2.21. The van der Waals surface area contributed by atoms with Crippen LogP contribution < -0.4 is 5.73 Å². The summed E-state index contributed by atoms with van der Waals surface area (Å²) in [6.45, 7) is 2.00. The fourth-order valence-corrected chi connectivity index (χ4v) is 3.07. The van der Waals surface area contributed by atoms with Gasteiger partial charge in [0.1, 0.15) is 5.82 Å². The van der Waals surface area contributed by atoms with Gasteiger partial charge in [0.15, 0.2) is 5.82 Å². The SMILES string of the molecule is Cc1nnc(-c2cc(N)ccc2Cl)n1C1CCCC1. The van der Waals surface area contributed by atoms with Crippen molar-refractivity contribution in [2.24, 2.45) is 0 Å². The number of rotatable bonds is 2. The Labute approximate surface area is 117 Å². The van der Waals surface area contributed by atoms with E-state index >= 15 is 0 Å². The highest BCUT2D eigenvalue weighted by Crippen LogP contribution is 2.36. The molecule has 0 saturated heterocycles. The second-order valence-electron chi connectivity index (χ2n) is 5.12. The van der Waals surface area contributed by atoms with Crippen LogP contribution in [-0.2, 0) is 0 Å². The topological polar surface area (TPSA) is 56.7 Å². The van der Waals surface area contributed by atoms with Crippen molar-refractivity contribution < 1.29 is 0 Å². The molecule has 2 N–H and O–H groups in total. The van der Waals surface area contributed by atoms with E-state index in [1.165, 1.54) is 25.7 Å². The van der Waals surface area contributed by atoms with E-state index in [1.807, 2.05) is 19.1 Å². The van der Waals surface area contributed by atoms with Crippen molar-refractivity contribution in [3.63, 3.8) is 0 Å². The van der Waals surface area contributed by atoms with Gasteiger partial charge in [-0.3, -0.25) is 0 Å². The first-order valence-corrected chi connectivity index (χ1v) is 7.01. The molecule has 0 aliphatic heterocycles. The number of hydrogen-bond acceptors (Lipinski definition) is 3. The van der Waals surface area contributed by atoms with Crippen molar-refractivity contribution in [2.75, 3.05) is 5.73 Å². The normalized spacial score (nSPS) is 16.1. The van der Waals surface area contributed by atoms with Crippen LogP contribution in [0.1, 0.15) is 37.5 Å². The molecule has 1 saturated carbocycles. The Morgan fingerprint density at radius 3 is 2.74 bits per heavy atom. The van der Waals surface area contributed by atoms with Gasteiger partial charge in [0.05, 0.1) is 5.02 Å². The Balaban J connectivity index is 2.12. The standard InChI is InChI=1S/C14H17ClN4/c1-9-17-18-14(19(9)11-4-2-3-5-11)12-8-10(16)6-7-13(12)15/h6-8,11H,2-5,16H2,1H3. The molecule has 2 aromatic rings. The van der Waals surface area contributed by atoms with Crippen molar-refractivity contribution in [1.82, 2.24) is 14.8 Å². The first-order valence-electron chi connectivity index (χ1n) is 6.63. The first kappa shape index (κ1) is 12.5. The maximum atomic E-state index is 6.28. The quantitative estimate of drug-likeness (QED) is 0.853. The third-order valence-corrected chi connectivity index (χ3v) is 4.12. The Morgan fingerprint density at radius 1 is 1.26 bits per heavy atom. The van der Waals surface area contributed by atoms with Gasteiger partial charge in [-0.15, -0.1) is 10.2 Å². The molecule has 0 atom stereocenters. The number of nitrogen functional groups attached to an aromatic ring is 1. The lowest BCUT2D eigenvalue weighted by Gasteiger charge is -2.16. The number of anilines is 1. The number of benzene rings is 1. The van der Waals surface area contributed by atoms with Gasteiger partial charge < -0.3 is 10.3 Å². The van der Waals surface area contributed by atoms with Gasteiger partial charge in [-0.05, 0) is 38.0 Å². The molecule has 1 aromatic carbocycles. The number of nitrogens with zero attached hydrogens (tertiary/aromatic N) is 3. The van der Waals surface area contributed by atoms with Crippen molar-refractivity contribution in [3.8, 4) is 11.4 Å². The van der Waals surface area contributed by atoms with Crippen LogP contribution >= 0.6 is 11.6 Å². The van der Waals surface area contributed by atoms with Gasteiger partial charge in [0.2, 0.25) is 0 Å². The van der Waals surface area contributed by atoms with Crippen LogP contribution in [0.3, 0.4) is 0 Å². The minimum Gasteiger partial charge on any atom is -0.399 e. The molecule has 0 unspecified atom stereocenters. The predicted octanol–water partition coefficient (Wildman–Crippen LogP) is 3.60. The van der Waals surface area contributed by atoms with Crippen LogP contribution in [0.25, 0.3) is 11.4 Å². The van der Waals surface area contributed by atoms with E-state index in [0.717, 1.165) is 17.2 Å². The monoisotopic (exact) mass is 276 g/mol. The zero-order chi connectivity index (χ0) is 13.4. The summed E-state index contributed by atoms with van der Waals surface area (Å²) in [5.74, 6) is 1.78.